The molecule has 41 heavy (non-hydrogen) atoms. The van der Waals surface area contributed by atoms with Crippen molar-refractivity contribution in [2.24, 2.45) is 0 Å². The van der Waals surface area contributed by atoms with Gasteiger partial charge in [0.15, 0.2) is 0 Å². The molecule has 0 aliphatic carbocycles. The third-order valence-corrected chi connectivity index (χ3v) is 10.3. The highest BCUT2D eigenvalue weighted by molar-refractivity contribution is 7.26. The van der Waals surface area contributed by atoms with E-state index in [-0.39, 0.29) is 11.2 Å². The zero-order valence-corrected chi connectivity index (χ0v) is 24.5. The molecule has 7 aromatic rings. The second-order valence-corrected chi connectivity index (χ2v) is 13.1. The van der Waals surface area contributed by atoms with Crippen molar-refractivity contribution in [2.45, 2.75) is 38.9 Å². The van der Waals surface area contributed by atoms with Crippen LogP contribution < -0.4 is 5.46 Å². The molecule has 5 heteroatoms. The van der Waals surface area contributed by atoms with Gasteiger partial charge in [-0.3, -0.25) is 0 Å². The first-order chi connectivity index (χ1) is 19.8. The van der Waals surface area contributed by atoms with Gasteiger partial charge in [0.2, 0.25) is 0 Å². The van der Waals surface area contributed by atoms with Crippen LogP contribution in [-0.4, -0.2) is 22.9 Å². The number of benzene rings is 5. The summed E-state index contributed by atoms with van der Waals surface area (Å²) in [5, 5.41) is 5.10. The molecule has 1 aliphatic rings. The van der Waals surface area contributed by atoms with Gasteiger partial charge in [-0.25, -0.2) is 0 Å². The highest BCUT2D eigenvalue weighted by Gasteiger charge is 2.51. The van der Waals surface area contributed by atoms with Crippen molar-refractivity contribution in [1.29, 1.82) is 0 Å². The quantitative estimate of drug-likeness (QED) is 0.205. The van der Waals surface area contributed by atoms with Crippen LogP contribution in [0.4, 0.5) is 0 Å². The molecule has 0 amide bonds. The minimum atomic E-state index is -0.409. The maximum absolute atomic E-state index is 6.43. The lowest BCUT2D eigenvalue weighted by molar-refractivity contribution is 0.00578. The summed E-state index contributed by atoms with van der Waals surface area (Å²) in [5.74, 6) is 0. The SMILES string of the molecule is CC1(C)OB(c2ccc3c4cc(-c5cccc6c5sc5ccccc56)ccc4n(-c4ccccc4)c3c2)OC1(C)C. The van der Waals surface area contributed by atoms with Gasteiger partial charge >= 0.3 is 7.12 Å². The molecule has 0 radical (unpaired) electrons. The third kappa shape index (κ3) is 3.73. The number of nitrogens with zero attached hydrogens (tertiary/aromatic N) is 1. The predicted octanol–water partition coefficient (Wildman–Crippen LogP) is 9.12. The fraction of sp³-hybridized carbons (Fsp3) is 0.167. The molecule has 200 valence electrons. The Balaban J connectivity index is 1.35. The molecular weight excluding hydrogens is 521 g/mol. The Morgan fingerprint density at radius 3 is 2.15 bits per heavy atom. The standard InChI is InChI=1S/C36H30BNO2S/c1-35(2)36(3,4)40-37(39-35)24-18-19-27-30-21-23(17-20-31(30)38(32(27)22-24)25-11-6-5-7-12-25)26-14-10-15-29-28-13-8-9-16-33(28)41-34(26)29/h5-22H,1-4H3. The van der Waals surface area contributed by atoms with Gasteiger partial charge < -0.3 is 13.9 Å². The number of fused-ring (bicyclic) bond motifs is 6. The monoisotopic (exact) mass is 551 g/mol. The van der Waals surface area contributed by atoms with Gasteiger partial charge in [-0.15, -0.1) is 11.3 Å². The highest BCUT2D eigenvalue weighted by Crippen LogP contribution is 2.42. The number of para-hydroxylation sites is 1. The molecule has 3 nitrogen and oxygen atoms in total. The first-order valence-corrected chi connectivity index (χ1v) is 15.0. The van der Waals surface area contributed by atoms with Crippen LogP contribution in [0.3, 0.4) is 0 Å². The third-order valence-electron chi connectivity index (χ3n) is 9.05. The molecule has 1 saturated heterocycles. The van der Waals surface area contributed by atoms with E-state index in [4.69, 9.17) is 9.31 Å². The summed E-state index contributed by atoms with van der Waals surface area (Å²) in [5.41, 5.74) is 6.24. The molecule has 0 N–H and O–H groups in total. The summed E-state index contributed by atoms with van der Waals surface area (Å²) in [4.78, 5) is 0. The number of thiophene rings is 1. The van der Waals surface area contributed by atoms with Crippen LogP contribution in [0.15, 0.2) is 109 Å². The molecule has 1 aliphatic heterocycles. The molecule has 5 aromatic carbocycles. The van der Waals surface area contributed by atoms with Crippen molar-refractivity contribution in [2.75, 3.05) is 0 Å². The summed E-state index contributed by atoms with van der Waals surface area (Å²) in [6, 6.07) is 39.6. The van der Waals surface area contributed by atoms with E-state index in [1.165, 1.54) is 47.6 Å². The van der Waals surface area contributed by atoms with Gasteiger partial charge in [0.25, 0.3) is 0 Å². The Morgan fingerprint density at radius 1 is 0.610 bits per heavy atom. The van der Waals surface area contributed by atoms with Crippen molar-refractivity contribution in [3.8, 4) is 16.8 Å². The Morgan fingerprint density at radius 2 is 1.34 bits per heavy atom. The van der Waals surface area contributed by atoms with E-state index in [2.05, 4.69) is 141 Å². The number of aromatic nitrogens is 1. The molecule has 0 spiro atoms. The van der Waals surface area contributed by atoms with Crippen LogP contribution in [-0.2, 0) is 9.31 Å². The molecular formula is C36H30BNO2S. The van der Waals surface area contributed by atoms with E-state index in [9.17, 15) is 0 Å². The van der Waals surface area contributed by atoms with Gasteiger partial charge in [-0.1, -0.05) is 72.8 Å². The van der Waals surface area contributed by atoms with Crippen molar-refractivity contribution in [3.63, 3.8) is 0 Å². The second-order valence-electron chi connectivity index (χ2n) is 12.0. The highest BCUT2D eigenvalue weighted by atomic mass is 32.1. The first kappa shape index (κ1) is 24.9. The first-order valence-electron chi connectivity index (χ1n) is 14.2. The van der Waals surface area contributed by atoms with Crippen LogP contribution in [0, 0.1) is 0 Å². The largest absolute Gasteiger partial charge is 0.494 e. The summed E-state index contributed by atoms with van der Waals surface area (Å²) in [6.45, 7) is 8.41. The van der Waals surface area contributed by atoms with Crippen LogP contribution in [0.2, 0.25) is 0 Å². The molecule has 2 aromatic heterocycles. The summed E-state index contributed by atoms with van der Waals surface area (Å²) < 4.78 is 17.9. The van der Waals surface area contributed by atoms with E-state index in [0.717, 1.165) is 16.7 Å². The van der Waals surface area contributed by atoms with E-state index >= 15 is 0 Å². The molecule has 1 fully saturated rings. The van der Waals surface area contributed by atoms with Gasteiger partial charge in [0.1, 0.15) is 0 Å². The molecule has 0 unspecified atom stereocenters. The van der Waals surface area contributed by atoms with E-state index in [1.807, 2.05) is 11.3 Å². The fourth-order valence-corrected chi connectivity index (χ4v) is 7.40. The van der Waals surface area contributed by atoms with Gasteiger partial charge in [0.05, 0.1) is 22.2 Å². The lowest BCUT2D eigenvalue weighted by atomic mass is 9.79. The maximum Gasteiger partial charge on any atom is 0.494 e. The average Bonchev–Trinajstić information content (AvgIpc) is 3.59. The van der Waals surface area contributed by atoms with E-state index < -0.39 is 7.12 Å². The van der Waals surface area contributed by atoms with Crippen LogP contribution >= 0.6 is 11.3 Å². The molecule has 8 rings (SSSR count). The van der Waals surface area contributed by atoms with Crippen LogP contribution in [0.25, 0.3) is 58.8 Å². The predicted molar refractivity (Wildman–Crippen MR) is 175 cm³/mol. The Labute approximate surface area is 244 Å². The lowest BCUT2D eigenvalue weighted by Crippen LogP contribution is -2.41. The Hall–Kier alpha value is -3.90. The zero-order valence-electron chi connectivity index (χ0n) is 23.6. The van der Waals surface area contributed by atoms with Crippen molar-refractivity contribution < 1.29 is 9.31 Å². The molecule has 0 atom stereocenters. The van der Waals surface area contributed by atoms with E-state index in [0.29, 0.717) is 0 Å². The zero-order chi connectivity index (χ0) is 27.9. The van der Waals surface area contributed by atoms with Crippen molar-refractivity contribution in [3.05, 3.63) is 109 Å². The Bertz CT molecular complexity index is 2110. The average molecular weight is 552 g/mol. The van der Waals surface area contributed by atoms with Crippen LogP contribution in [0.1, 0.15) is 27.7 Å². The second kappa shape index (κ2) is 8.80. The number of hydrogen-bond acceptors (Lipinski definition) is 3. The summed E-state index contributed by atoms with van der Waals surface area (Å²) >= 11 is 1.88. The van der Waals surface area contributed by atoms with Gasteiger partial charge in [0, 0.05) is 36.6 Å². The minimum Gasteiger partial charge on any atom is -0.399 e. The normalized spacial score (nSPS) is 16.4. The fourth-order valence-electron chi connectivity index (χ4n) is 6.16. The lowest BCUT2D eigenvalue weighted by Gasteiger charge is -2.32. The van der Waals surface area contributed by atoms with E-state index in [1.54, 1.807) is 0 Å². The molecule has 3 heterocycles. The van der Waals surface area contributed by atoms with Crippen molar-refractivity contribution in [1.82, 2.24) is 4.57 Å². The Kier molecular flexibility index (Phi) is 5.34. The van der Waals surface area contributed by atoms with Gasteiger partial charge in [-0.2, -0.15) is 0 Å². The smallest absolute Gasteiger partial charge is 0.399 e. The van der Waals surface area contributed by atoms with Crippen molar-refractivity contribution >= 4 is 65.9 Å². The summed E-state index contributed by atoms with van der Waals surface area (Å²) in [6.07, 6.45) is 0. The topological polar surface area (TPSA) is 23.4 Å². The number of hydrogen-bond donors (Lipinski definition) is 0. The number of rotatable bonds is 3. The summed E-state index contributed by atoms with van der Waals surface area (Å²) in [7, 11) is -0.409. The van der Waals surface area contributed by atoms with Gasteiger partial charge in [-0.05, 0) is 80.7 Å². The minimum absolute atomic E-state index is 0.388. The maximum atomic E-state index is 6.43. The molecule has 0 saturated carbocycles. The molecule has 0 bridgehead atoms. The van der Waals surface area contributed by atoms with Crippen LogP contribution in [0.5, 0.6) is 0 Å².